The van der Waals surface area contributed by atoms with E-state index in [1.54, 1.807) is 0 Å². The number of carbonyl (C=O) groups is 3. The van der Waals surface area contributed by atoms with E-state index in [4.69, 9.17) is 15.9 Å². The number of nitrogens with two attached hydrogens (primary N) is 1. The zero-order valence-electron chi connectivity index (χ0n) is 14.8. The first-order chi connectivity index (χ1) is 12.8. The topological polar surface area (TPSA) is 133 Å². The summed E-state index contributed by atoms with van der Waals surface area (Å²) >= 11 is 0. The SMILES string of the molecule is NC(=O)CCCN1CCNCC1c1ccc(F)cc1.O=C(O)C=CC(=O)O. The fourth-order valence-electron chi connectivity index (χ4n) is 2.63. The molecule has 9 heteroatoms. The van der Waals surface area contributed by atoms with Crippen LogP contribution in [-0.2, 0) is 14.4 Å². The number of carboxylic acid groups (broad SMARTS) is 2. The summed E-state index contributed by atoms with van der Waals surface area (Å²) < 4.78 is 13.0. The highest BCUT2D eigenvalue weighted by Gasteiger charge is 2.23. The number of primary amides is 1. The molecule has 1 heterocycles. The molecule has 0 spiro atoms. The third-order valence-electron chi connectivity index (χ3n) is 3.85. The van der Waals surface area contributed by atoms with E-state index in [-0.39, 0.29) is 17.8 Å². The Morgan fingerprint density at radius 1 is 1.19 bits per heavy atom. The van der Waals surface area contributed by atoms with Crippen LogP contribution in [0.15, 0.2) is 36.4 Å². The van der Waals surface area contributed by atoms with E-state index in [1.807, 2.05) is 12.1 Å². The molecule has 1 aliphatic rings. The zero-order valence-corrected chi connectivity index (χ0v) is 14.8. The van der Waals surface area contributed by atoms with Crippen molar-refractivity contribution in [3.63, 3.8) is 0 Å². The van der Waals surface area contributed by atoms with Gasteiger partial charge in [0.15, 0.2) is 0 Å². The molecule has 1 fully saturated rings. The molecule has 0 aliphatic carbocycles. The van der Waals surface area contributed by atoms with Gasteiger partial charge in [-0.15, -0.1) is 0 Å². The lowest BCUT2D eigenvalue weighted by Crippen LogP contribution is -2.46. The molecule has 1 atom stereocenters. The molecule has 1 aromatic carbocycles. The Balaban J connectivity index is 0.000000387. The van der Waals surface area contributed by atoms with E-state index >= 15 is 0 Å². The van der Waals surface area contributed by atoms with E-state index in [2.05, 4.69) is 10.2 Å². The number of hydrogen-bond donors (Lipinski definition) is 4. The fourth-order valence-corrected chi connectivity index (χ4v) is 2.63. The van der Waals surface area contributed by atoms with Crippen LogP contribution in [0.3, 0.4) is 0 Å². The summed E-state index contributed by atoms with van der Waals surface area (Å²) in [6.07, 6.45) is 2.30. The summed E-state index contributed by atoms with van der Waals surface area (Å²) in [6, 6.07) is 6.88. The molecule has 1 unspecified atom stereocenters. The van der Waals surface area contributed by atoms with E-state index < -0.39 is 11.9 Å². The molecule has 0 aromatic heterocycles. The van der Waals surface area contributed by atoms with Crippen LogP contribution in [0.4, 0.5) is 4.39 Å². The average molecular weight is 381 g/mol. The number of hydrogen-bond acceptors (Lipinski definition) is 5. The molecular formula is C18H24FN3O5. The quantitative estimate of drug-likeness (QED) is 0.512. The van der Waals surface area contributed by atoms with Crippen molar-refractivity contribution in [1.82, 2.24) is 10.2 Å². The Morgan fingerprint density at radius 3 is 2.30 bits per heavy atom. The minimum absolute atomic E-state index is 0.215. The zero-order chi connectivity index (χ0) is 20.2. The number of halogens is 1. The van der Waals surface area contributed by atoms with Crippen molar-refractivity contribution >= 4 is 17.8 Å². The van der Waals surface area contributed by atoms with Crippen molar-refractivity contribution in [2.75, 3.05) is 26.2 Å². The molecule has 0 radical (unpaired) electrons. The second kappa shape index (κ2) is 11.8. The number of carboxylic acids is 2. The van der Waals surface area contributed by atoms with Crippen molar-refractivity contribution in [2.45, 2.75) is 18.9 Å². The normalized spacial score (nSPS) is 17.1. The molecule has 1 amide bonds. The van der Waals surface area contributed by atoms with Crippen molar-refractivity contribution < 1.29 is 29.0 Å². The standard InChI is InChI=1S/C14H20FN3O.C4H4O4/c15-12-5-3-11(4-6-12)13-10-17-7-9-18(13)8-1-2-14(16)19;5-3(6)1-2-4(7)8/h3-6,13,17H,1-2,7-10H2,(H2,16,19);1-2H,(H,5,6)(H,7,8). The number of piperazine rings is 1. The Kier molecular flexibility index (Phi) is 9.70. The third-order valence-corrected chi connectivity index (χ3v) is 3.85. The summed E-state index contributed by atoms with van der Waals surface area (Å²) in [5.41, 5.74) is 6.26. The minimum atomic E-state index is -1.26. The average Bonchev–Trinajstić information content (AvgIpc) is 2.61. The minimum Gasteiger partial charge on any atom is -0.478 e. The van der Waals surface area contributed by atoms with E-state index in [0.717, 1.165) is 38.2 Å². The van der Waals surface area contributed by atoms with E-state index in [1.165, 1.54) is 12.1 Å². The predicted octanol–water partition coefficient (Wildman–Crippen LogP) is 0.749. The molecule has 2 rings (SSSR count). The number of rotatable bonds is 7. The number of carbonyl (C=O) groups excluding carboxylic acids is 1. The fraction of sp³-hybridized carbons (Fsp3) is 0.389. The molecular weight excluding hydrogens is 357 g/mol. The first-order valence-corrected chi connectivity index (χ1v) is 8.42. The van der Waals surface area contributed by atoms with Gasteiger partial charge in [0.25, 0.3) is 0 Å². The highest BCUT2D eigenvalue weighted by Crippen LogP contribution is 2.22. The largest absolute Gasteiger partial charge is 0.478 e. The molecule has 8 nitrogen and oxygen atoms in total. The van der Waals surface area contributed by atoms with E-state index in [9.17, 15) is 18.8 Å². The second-order valence-electron chi connectivity index (χ2n) is 5.89. The summed E-state index contributed by atoms with van der Waals surface area (Å²) in [7, 11) is 0. The molecule has 0 bridgehead atoms. The van der Waals surface area contributed by atoms with Gasteiger partial charge < -0.3 is 21.3 Å². The lowest BCUT2D eigenvalue weighted by atomic mass is 10.0. The smallest absolute Gasteiger partial charge is 0.328 e. The maximum absolute atomic E-state index is 13.0. The van der Waals surface area contributed by atoms with Crippen LogP contribution in [0.2, 0.25) is 0 Å². The van der Waals surface area contributed by atoms with Crippen LogP contribution in [0.25, 0.3) is 0 Å². The molecule has 27 heavy (non-hydrogen) atoms. The van der Waals surface area contributed by atoms with Crippen LogP contribution in [-0.4, -0.2) is 59.1 Å². The van der Waals surface area contributed by atoms with Crippen molar-refractivity contribution in [3.05, 3.63) is 47.8 Å². The molecule has 1 aromatic rings. The Bertz CT molecular complexity index is 647. The summed E-state index contributed by atoms with van der Waals surface area (Å²) in [5, 5.41) is 19.0. The van der Waals surface area contributed by atoms with Crippen molar-refractivity contribution in [2.24, 2.45) is 5.73 Å². The molecule has 1 saturated heterocycles. The maximum Gasteiger partial charge on any atom is 0.328 e. The summed E-state index contributed by atoms with van der Waals surface area (Å²) in [4.78, 5) is 32.2. The second-order valence-corrected chi connectivity index (χ2v) is 5.89. The summed E-state index contributed by atoms with van der Waals surface area (Å²) in [6.45, 7) is 3.56. The molecule has 148 valence electrons. The highest BCUT2D eigenvalue weighted by atomic mass is 19.1. The van der Waals surface area contributed by atoms with Crippen LogP contribution in [0.5, 0.6) is 0 Å². The highest BCUT2D eigenvalue weighted by molar-refractivity contribution is 5.89. The maximum atomic E-state index is 13.0. The van der Waals surface area contributed by atoms with Gasteiger partial charge in [0.05, 0.1) is 0 Å². The lowest BCUT2D eigenvalue weighted by Gasteiger charge is -2.36. The molecule has 0 saturated carbocycles. The first kappa shape index (κ1) is 22.3. The van der Waals surface area contributed by atoms with Crippen LogP contribution in [0.1, 0.15) is 24.4 Å². The number of aliphatic carboxylic acids is 2. The van der Waals surface area contributed by atoms with E-state index in [0.29, 0.717) is 18.6 Å². The monoisotopic (exact) mass is 381 g/mol. The van der Waals surface area contributed by atoms with Gasteiger partial charge in [0.2, 0.25) is 5.91 Å². The van der Waals surface area contributed by atoms with Gasteiger partial charge in [-0.3, -0.25) is 9.69 Å². The lowest BCUT2D eigenvalue weighted by molar-refractivity contribution is -0.134. The Hall–Kier alpha value is -2.78. The predicted molar refractivity (Wildman–Crippen MR) is 96.4 cm³/mol. The van der Waals surface area contributed by atoms with Gasteiger partial charge in [-0.2, -0.15) is 0 Å². The van der Waals surface area contributed by atoms with Crippen molar-refractivity contribution in [3.8, 4) is 0 Å². The number of nitrogens with one attached hydrogen (secondary N) is 1. The molecule has 1 aliphatic heterocycles. The van der Waals surface area contributed by atoms with Crippen LogP contribution >= 0.6 is 0 Å². The van der Waals surface area contributed by atoms with Gasteiger partial charge in [-0.1, -0.05) is 12.1 Å². The Morgan fingerprint density at radius 2 is 1.78 bits per heavy atom. The first-order valence-electron chi connectivity index (χ1n) is 8.42. The van der Waals surface area contributed by atoms with Gasteiger partial charge in [0, 0.05) is 44.2 Å². The van der Waals surface area contributed by atoms with Gasteiger partial charge >= 0.3 is 11.9 Å². The summed E-state index contributed by atoms with van der Waals surface area (Å²) in [5.74, 6) is -2.99. The number of amides is 1. The number of nitrogens with zero attached hydrogens (tertiary/aromatic N) is 1. The Labute approximate surface area is 156 Å². The van der Waals surface area contributed by atoms with Crippen LogP contribution < -0.4 is 11.1 Å². The van der Waals surface area contributed by atoms with Gasteiger partial charge in [-0.05, 0) is 30.7 Å². The molecule has 5 N–H and O–H groups in total. The van der Waals surface area contributed by atoms with Crippen LogP contribution in [0, 0.1) is 5.82 Å². The third kappa shape index (κ3) is 9.47. The van der Waals surface area contributed by atoms with Gasteiger partial charge in [0.1, 0.15) is 5.82 Å². The van der Waals surface area contributed by atoms with Crippen molar-refractivity contribution in [1.29, 1.82) is 0 Å². The number of benzene rings is 1. The van der Waals surface area contributed by atoms with Gasteiger partial charge in [-0.25, -0.2) is 14.0 Å².